The van der Waals surface area contributed by atoms with E-state index in [-0.39, 0.29) is 42.9 Å². The van der Waals surface area contributed by atoms with Crippen molar-refractivity contribution < 1.29 is 26.4 Å². The second-order valence-electron chi connectivity index (χ2n) is 6.88. The van der Waals surface area contributed by atoms with Crippen LogP contribution in [0.15, 0.2) is 24.3 Å². The third kappa shape index (κ3) is 3.96. The zero-order chi connectivity index (χ0) is 20.8. The van der Waals surface area contributed by atoms with Crippen LogP contribution in [0.2, 0.25) is 0 Å². The van der Waals surface area contributed by atoms with Crippen LogP contribution in [0.3, 0.4) is 0 Å². The molecule has 13 heteroatoms. The summed E-state index contributed by atoms with van der Waals surface area (Å²) in [5.74, 6) is -0.713. The zero-order valence-electron chi connectivity index (χ0n) is 15.1. The molecule has 2 fully saturated rings. The Morgan fingerprint density at radius 3 is 2.21 bits per heavy atom. The number of halogens is 3. The van der Waals surface area contributed by atoms with Crippen molar-refractivity contribution in [2.75, 3.05) is 26.2 Å². The summed E-state index contributed by atoms with van der Waals surface area (Å²) in [6.07, 6.45) is -3.10. The number of sulfonamides is 1. The molecular formula is C16H17F3N6O3S. The van der Waals surface area contributed by atoms with Gasteiger partial charge in [-0.2, -0.15) is 17.5 Å². The van der Waals surface area contributed by atoms with Crippen LogP contribution in [0.5, 0.6) is 0 Å². The van der Waals surface area contributed by atoms with Crippen LogP contribution in [0.1, 0.15) is 29.0 Å². The van der Waals surface area contributed by atoms with Crippen LogP contribution in [-0.2, 0) is 16.2 Å². The van der Waals surface area contributed by atoms with Gasteiger partial charge in [0.25, 0.3) is 11.7 Å². The molecule has 1 saturated heterocycles. The first-order valence-electron chi connectivity index (χ1n) is 8.92. The minimum absolute atomic E-state index is 0.205. The minimum atomic E-state index is -4.45. The molecule has 1 aliphatic carbocycles. The van der Waals surface area contributed by atoms with Gasteiger partial charge < -0.3 is 4.90 Å². The normalized spacial score (nSPS) is 18.8. The van der Waals surface area contributed by atoms with E-state index in [9.17, 15) is 26.4 Å². The predicted octanol–water partition coefficient (Wildman–Crippen LogP) is 0.931. The molecule has 0 unspecified atom stereocenters. The van der Waals surface area contributed by atoms with Gasteiger partial charge in [-0.15, -0.1) is 15.0 Å². The van der Waals surface area contributed by atoms with E-state index in [0.29, 0.717) is 12.8 Å². The highest BCUT2D eigenvalue weighted by atomic mass is 32.2. The molecule has 4 rings (SSSR count). The first-order chi connectivity index (χ1) is 13.7. The van der Waals surface area contributed by atoms with E-state index in [1.54, 1.807) is 0 Å². The number of tetrazole rings is 1. The van der Waals surface area contributed by atoms with Gasteiger partial charge in [0.05, 0.1) is 16.5 Å². The van der Waals surface area contributed by atoms with Gasteiger partial charge >= 0.3 is 6.18 Å². The van der Waals surface area contributed by atoms with Crippen LogP contribution < -0.4 is 0 Å². The first-order valence-corrected chi connectivity index (χ1v) is 10.4. The Bertz CT molecular complexity index is 1010. The molecule has 0 N–H and O–H groups in total. The molecule has 2 aliphatic rings. The molecule has 1 saturated carbocycles. The number of hydrogen-bond acceptors (Lipinski definition) is 6. The number of benzene rings is 1. The van der Waals surface area contributed by atoms with E-state index >= 15 is 0 Å². The van der Waals surface area contributed by atoms with E-state index in [1.807, 2.05) is 0 Å². The van der Waals surface area contributed by atoms with E-state index < -0.39 is 27.7 Å². The van der Waals surface area contributed by atoms with Crippen molar-refractivity contribution in [1.29, 1.82) is 0 Å². The number of carbonyl (C=O) groups is 1. The lowest BCUT2D eigenvalue weighted by Gasteiger charge is -2.33. The standard InChI is InChI=1S/C16H17F3N6O3S/c17-16(18,19)11-1-3-12(4-2-11)25-21-14(20-22-25)15(26)23-7-9-24(10-8-23)29(27,28)13-5-6-13/h1-4,13H,5-10H2. The second kappa shape index (κ2) is 7.06. The van der Waals surface area contributed by atoms with Crippen molar-refractivity contribution in [3.05, 3.63) is 35.7 Å². The van der Waals surface area contributed by atoms with Crippen molar-refractivity contribution in [1.82, 2.24) is 29.4 Å². The summed E-state index contributed by atoms with van der Waals surface area (Å²) in [5.41, 5.74) is -0.582. The van der Waals surface area contributed by atoms with E-state index in [4.69, 9.17) is 0 Å². The van der Waals surface area contributed by atoms with Crippen LogP contribution in [-0.4, -0.2) is 75.2 Å². The zero-order valence-corrected chi connectivity index (χ0v) is 15.9. The summed E-state index contributed by atoms with van der Waals surface area (Å²) in [5, 5.41) is 11.0. The third-order valence-electron chi connectivity index (χ3n) is 4.86. The maximum Gasteiger partial charge on any atom is 0.416 e. The van der Waals surface area contributed by atoms with Crippen molar-refractivity contribution >= 4 is 15.9 Å². The number of rotatable bonds is 4. The lowest BCUT2D eigenvalue weighted by molar-refractivity contribution is -0.137. The monoisotopic (exact) mass is 430 g/mol. The Labute approximate surface area is 164 Å². The van der Waals surface area contributed by atoms with Gasteiger partial charge in [-0.05, 0) is 42.3 Å². The molecule has 29 heavy (non-hydrogen) atoms. The molecule has 1 amide bonds. The molecule has 2 aromatic rings. The molecule has 0 bridgehead atoms. The minimum Gasteiger partial charge on any atom is -0.333 e. The summed E-state index contributed by atoms with van der Waals surface area (Å²) < 4.78 is 63.8. The average Bonchev–Trinajstić information content (AvgIpc) is 3.45. The largest absolute Gasteiger partial charge is 0.416 e. The summed E-state index contributed by atoms with van der Waals surface area (Å²) in [7, 11) is -3.28. The summed E-state index contributed by atoms with van der Waals surface area (Å²) in [6, 6.07) is 4.14. The first kappa shape index (κ1) is 19.8. The SMILES string of the molecule is O=C(c1nnn(-c2ccc(C(F)(F)F)cc2)n1)N1CCN(S(=O)(=O)C2CC2)CC1. The molecule has 1 aliphatic heterocycles. The van der Waals surface area contributed by atoms with E-state index in [1.165, 1.54) is 21.3 Å². The van der Waals surface area contributed by atoms with Gasteiger partial charge in [-0.1, -0.05) is 0 Å². The summed E-state index contributed by atoms with van der Waals surface area (Å²) in [4.78, 5) is 15.0. The Balaban J connectivity index is 1.41. The van der Waals surface area contributed by atoms with E-state index in [0.717, 1.165) is 16.9 Å². The Hall–Kier alpha value is -2.54. The molecule has 2 heterocycles. The fraction of sp³-hybridized carbons (Fsp3) is 0.500. The number of amides is 1. The Morgan fingerprint density at radius 1 is 1.03 bits per heavy atom. The smallest absolute Gasteiger partial charge is 0.333 e. The van der Waals surface area contributed by atoms with Gasteiger partial charge in [0, 0.05) is 26.2 Å². The lowest BCUT2D eigenvalue weighted by Crippen LogP contribution is -2.51. The molecule has 9 nitrogen and oxygen atoms in total. The number of piperazine rings is 1. The number of alkyl halides is 3. The van der Waals surface area contributed by atoms with Gasteiger partial charge in [-0.3, -0.25) is 4.79 Å². The van der Waals surface area contributed by atoms with Crippen LogP contribution in [0.4, 0.5) is 13.2 Å². The fourth-order valence-corrected chi connectivity index (χ4v) is 4.88. The van der Waals surface area contributed by atoms with Gasteiger partial charge in [0.2, 0.25) is 10.0 Å². The third-order valence-corrected chi connectivity index (χ3v) is 7.26. The van der Waals surface area contributed by atoms with Gasteiger partial charge in [0.15, 0.2) is 0 Å². The molecule has 0 spiro atoms. The second-order valence-corrected chi connectivity index (χ2v) is 9.10. The topological polar surface area (TPSA) is 101 Å². The highest BCUT2D eigenvalue weighted by Gasteiger charge is 2.41. The Kier molecular flexibility index (Phi) is 4.81. The van der Waals surface area contributed by atoms with Gasteiger partial charge in [0.1, 0.15) is 0 Å². The van der Waals surface area contributed by atoms with Crippen molar-refractivity contribution in [3.8, 4) is 5.69 Å². The van der Waals surface area contributed by atoms with Crippen molar-refractivity contribution in [3.63, 3.8) is 0 Å². The number of carbonyl (C=O) groups excluding carboxylic acids is 1. The predicted molar refractivity (Wildman–Crippen MR) is 93.6 cm³/mol. The molecule has 0 radical (unpaired) electrons. The number of aromatic nitrogens is 4. The van der Waals surface area contributed by atoms with E-state index in [2.05, 4.69) is 15.4 Å². The van der Waals surface area contributed by atoms with Crippen LogP contribution >= 0.6 is 0 Å². The molecule has 1 aromatic heterocycles. The maximum absolute atomic E-state index is 12.6. The lowest BCUT2D eigenvalue weighted by atomic mass is 10.2. The highest BCUT2D eigenvalue weighted by Crippen LogP contribution is 2.31. The highest BCUT2D eigenvalue weighted by molar-refractivity contribution is 7.90. The Morgan fingerprint density at radius 2 is 1.66 bits per heavy atom. The fourth-order valence-electron chi connectivity index (χ4n) is 3.06. The molecular weight excluding hydrogens is 413 g/mol. The molecule has 1 aromatic carbocycles. The van der Waals surface area contributed by atoms with Crippen molar-refractivity contribution in [2.45, 2.75) is 24.3 Å². The van der Waals surface area contributed by atoms with Gasteiger partial charge in [-0.25, -0.2) is 8.42 Å². The van der Waals surface area contributed by atoms with Crippen LogP contribution in [0, 0.1) is 0 Å². The number of hydrogen-bond donors (Lipinski definition) is 0. The summed E-state index contributed by atoms with van der Waals surface area (Å²) in [6.45, 7) is 0.828. The molecule has 0 atom stereocenters. The summed E-state index contributed by atoms with van der Waals surface area (Å²) >= 11 is 0. The molecule has 156 valence electrons. The average molecular weight is 430 g/mol. The van der Waals surface area contributed by atoms with Crippen molar-refractivity contribution in [2.24, 2.45) is 0 Å². The maximum atomic E-state index is 12.6. The quantitative estimate of drug-likeness (QED) is 0.715. The number of nitrogens with zero attached hydrogens (tertiary/aromatic N) is 6. The van der Waals surface area contributed by atoms with Crippen LogP contribution in [0.25, 0.3) is 5.69 Å².